The molecule has 0 aromatic carbocycles. The summed E-state index contributed by atoms with van der Waals surface area (Å²) in [4.78, 5) is 10.8. The minimum absolute atomic E-state index is 0.0913. The quantitative estimate of drug-likeness (QED) is 0.351. The van der Waals surface area contributed by atoms with Crippen LogP contribution in [0.5, 0.6) is 0 Å². The van der Waals surface area contributed by atoms with Crippen molar-refractivity contribution in [2.45, 2.75) is 24.0 Å². The Hall–Kier alpha value is -0.672. The van der Waals surface area contributed by atoms with Gasteiger partial charge < -0.3 is 0 Å². The van der Waals surface area contributed by atoms with Crippen LogP contribution >= 0.6 is 0 Å². The molecule has 0 heterocycles. The van der Waals surface area contributed by atoms with Crippen LogP contribution in [0.3, 0.4) is 0 Å². The van der Waals surface area contributed by atoms with Gasteiger partial charge in [-0.2, -0.15) is 0 Å². The van der Waals surface area contributed by atoms with Gasteiger partial charge in [0.25, 0.3) is 0 Å². The number of carbonyl (C=O) groups is 1. The molecule has 0 amide bonds. The van der Waals surface area contributed by atoms with E-state index in [2.05, 4.69) is 5.32 Å². The molecule has 2 atom stereocenters. The fourth-order valence-corrected chi connectivity index (χ4v) is 1.32. The van der Waals surface area contributed by atoms with E-state index in [0.717, 1.165) is 23.1 Å². The fourth-order valence-electron chi connectivity index (χ4n) is 0.971. The summed E-state index contributed by atoms with van der Waals surface area (Å²) in [5.74, 6) is -1.15. The zero-order chi connectivity index (χ0) is 12.6. The van der Waals surface area contributed by atoms with E-state index in [-0.39, 0.29) is 12.4 Å². The Kier molecular flexibility index (Phi) is 7.26. The molecular weight excluding hydrogens is 274 g/mol. The van der Waals surface area contributed by atoms with E-state index in [0.29, 0.717) is 19.4 Å². The van der Waals surface area contributed by atoms with Crippen molar-refractivity contribution in [1.29, 1.82) is 5.41 Å². The van der Waals surface area contributed by atoms with Crippen LogP contribution in [0.25, 0.3) is 0 Å². The van der Waals surface area contributed by atoms with Crippen LogP contribution in [0, 0.1) is 5.41 Å². The predicted octanol–water partition coefficient (Wildman–Crippen LogP) is 0.755. The predicted molar refractivity (Wildman–Crippen MR) is 64.6 cm³/mol. The summed E-state index contributed by atoms with van der Waals surface area (Å²) in [5, 5.41) is 18.3. The average molecular weight is 292 g/mol. The van der Waals surface area contributed by atoms with Gasteiger partial charge in [0.05, 0.1) is 0 Å². The Labute approximate surface area is 103 Å². The van der Waals surface area contributed by atoms with Gasteiger partial charge in [-0.3, -0.25) is 0 Å². The summed E-state index contributed by atoms with van der Waals surface area (Å²) in [6.07, 6.45) is 3.40. The van der Waals surface area contributed by atoms with Crippen molar-refractivity contribution in [2.24, 2.45) is 0 Å². The average Bonchev–Trinajstić information content (AvgIpc) is 2.17. The van der Waals surface area contributed by atoms with Crippen molar-refractivity contribution in [3.05, 3.63) is 11.9 Å². The van der Waals surface area contributed by atoms with E-state index < -0.39 is 10.2 Å². The first-order valence-electron chi connectivity index (χ1n) is 4.96. The van der Waals surface area contributed by atoms with Crippen molar-refractivity contribution < 1.29 is 14.3 Å². The van der Waals surface area contributed by atoms with E-state index in [1.54, 1.807) is 6.92 Å². The molecule has 0 saturated heterocycles. The van der Waals surface area contributed by atoms with Crippen LogP contribution in [0.4, 0.5) is 4.39 Å². The Morgan fingerprint density at radius 1 is 1.69 bits per heavy atom. The maximum absolute atomic E-state index is 13.1. The van der Waals surface area contributed by atoms with Crippen LogP contribution in [-0.2, 0) is 4.79 Å². The molecule has 0 spiro atoms. The van der Waals surface area contributed by atoms with Gasteiger partial charge >= 0.3 is 103 Å². The third kappa shape index (κ3) is 6.75. The molecule has 0 bridgehead atoms. The molecule has 0 rings (SSSR count). The van der Waals surface area contributed by atoms with Gasteiger partial charge in [0, 0.05) is 0 Å². The summed E-state index contributed by atoms with van der Waals surface area (Å²) in [5.41, 5.74) is 0. The number of aliphatic carboxylic acids is 1. The first kappa shape index (κ1) is 15.3. The molecule has 16 heavy (non-hydrogen) atoms. The molecule has 0 aromatic heterocycles. The van der Waals surface area contributed by atoms with Crippen molar-refractivity contribution in [3.8, 4) is 0 Å². The second-order valence-corrected chi connectivity index (χ2v) is 6.42. The van der Waals surface area contributed by atoms with E-state index in [1.807, 2.05) is 0 Å². The molecule has 3 N–H and O–H groups in total. The Morgan fingerprint density at radius 2 is 2.31 bits per heavy atom. The van der Waals surface area contributed by atoms with Gasteiger partial charge in [0.15, 0.2) is 0 Å². The van der Waals surface area contributed by atoms with Crippen LogP contribution in [-0.4, -0.2) is 47.2 Å². The van der Waals surface area contributed by atoms with E-state index in [4.69, 9.17) is 10.5 Å². The summed E-state index contributed by atoms with van der Waals surface area (Å²) in [6.45, 7) is 2.08. The van der Waals surface area contributed by atoms with Gasteiger partial charge in [-0.1, -0.05) is 0 Å². The number of hydrogen-bond acceptors (Lipinski definition) is 3. The molecule has 6 heteroatoms. The maximum atomic E-state index is 13.1. The first-order valence-corrected chi connectivity index (χ1v) is 6.17. The fraction of sp³-hybridized carbons (Fsp3) is 0.600. The Bertz CT molecular complexity index is 280. The summed E-state index contributed by atoms with van der Waals surface area (Å²) < 4.78 is 12.3. The molecule has 0 saturated carbocycles. The molecule has 0 radical (unpaired) electrons. The molecule has 4 nitrogen and oxygen atoms in total. The molecular formula is C10H18AsFN2O2. The van der Waals surface area contributed by atoms with Crippen LogP contribution < -0.4 is 5.32 Å². The Morgan fingerprint density at radius 3 is 2.81 bits per heavy atom. The van der Waals surface area contributed by atoms with Crippen molar-refractivity contribution in [1.82, 2.24) is 5.32 Å². The van der Waals surface area contributed by atoms with Crippen molar-refractivity contribution in [3.63, 3.8) is 0 Å². The van der Waals surface area contributed by atoms with Gasteiger partial charge in [-0.15, -0.1) is 0 Å². The topological polar surface area (TPSA) is 73.2 Å². The molecule has 0 aliphatic heterocycles. The third-order valence-corrected chi connectivity index (χ3v) is 3.18. The van der Waals surface area contributed by atoms with E-state index >= 15 is 0 Å². The molecule has 0 aliphatic carbocycles. The zero-order valence-corrected chi connectivity index (χ0v) is 11.7. The normalized spacial score (nSPS) is 15.6. The van der Waals surface area contributed by atoms with Gasteiger partial charge in [-0.05, 0) is 0 Å². The first-order chi connectivity index (χ1) is 7.40. The number of carboxylic acid groups (broad SMARTS) is 1. The van der Waals surface area contributed by atoms with E-state index in [1.165, 1.54) is 6.08 Å². The molecule has 0 fully saturated rings. The van der Waals surface area contributed by atoms with Gasteiger partial charge in [0.1, 0.15) is 0 Å². The number of rotatable bonds is 8. The number of allylic oxidation sites excluding steroid dienone is 1. The minimum atomic E-state index is -0.844. The van der Waals surface area contributed by atoms with Gasteiger partial charge in [0.2, 0.25) is 0 Å². The molecule has 0 aliphatic rings. The van der Waals surface area contributed by atoms with Crippen LogP contribution in [0.1, 0.15) is 19.8 Å². The summed E-state index contributed by atoms with van der Waals surface area (Å²) in [7, 11) is 0. The second kappa shape index (κ2) is 7.58. The van der Waals surface area contributed by atoms with E-state index in [9.17, 15) is 9.18 Å². The molecule has 1 unspecified atom stereocenters. The molecule has 92 valence electrons. The third-order valence-electron chi connectivity index (χ3n) is 2.06. The number of carboxylic acids is 1. The molecule has 0 aromatic rings. The summed E-state index contributed by atoms with van der Waals surface area (Å²) in [6, 6.07) is 0. The second-order valence-electron chi connectivity index (χ2n) is 3.75. The van der Waals surface area contributed by atoms with Crippen molar-refractivity contribution >= 4 is 29.0 Å². The van der Waals surface area contributed by atoms with Crippen LogP contribution in [0.15, 0.2) is 11.9 Å². The number of nitrogens with one attached hydrogen (secondary N) is 2. The van der Waals surface area contributed by atoms with Crippen LogP contribution in [0.2, 0.25) is 4.20 Å². The van der Waals surface area contributed by atoms with Gasteiger partial charge in [-0.25, -0.2) is 0 Å². The monoisotopic (exact) mass is 292 g/mol. The SMILES string of the molecule is C[C@]([AsH2])(CC/C=C(/F)CNCC=N)C(=O)O. The summed E-state index contributed by atoms with van der Waals surface area (Å²) >= 11 is 1.14. The Balaban J connectivity index is 3.90. The number of hydrogen-bond donors (Lipinski definition) is 3. The number of halogens is 1. The van der Waals surface area contributed by atoms with Crippen molar-refractivity contribution in [2.75, 3.05) is 13.1 Å². The standard InChI is InChI=1S/C10H18AsFN2O2/c1-10(11,9(15)16)4-2-3-8(12)7-14-6-5-13/h3,5,13-14H,2,4,6-7,11H2,1H3,(H,15,16)/b8-3+,13-5?/t10-/m0/s1. The zero-order valence-electron chi connectivity index (χ0n) is 9.29.